The third kappa shape index (κ3) is 3.23. The SMILES string of the molecule is CC1=CC(Nc2ccc(C3(c4ccccc4)c4ccccc4-c4ccccc43)cc2)=CC(C)C1. The molecule has 0 saturated heterocycles. The first-order chi connectivity index (χ1) is 16.7. The number of fused-ring (bicyclic) bond motifs is 3. The van der Waals surface area contributed by atoms with Gasteiger partial charge in [0, 0.05) is 11.4 Å². The van der Waals surface area contributed by atoms with Gasteiger partial charge in [-0.15, -0.1) is 0 Å². The lowest BCUT2D eigenvalue weighted by Crippen LogP contribution is -2.28. The number of hydrogen-bond acceptors (Lipinski definition) is 1. The Morgan fingerprint density at radius 2 is 1.24 bits per heavy atom. The fraction of sp³-hybridized carbons (Fsp3) is 0.152. The van der Waals surface area contributed by atoms with E-state index in [2.05, 4.69) is 134 Å². The molecular weight excluding hydrogens is 410 g/mol. The Kier molecular flexibility index (Phi) is 4.99. The van der Waals surface area contributed by atoms with Gasteiger partial charge < -0.3 is 5.32 Å². The molecule has 4 aromatic carbocycles. The van der Waals surface area contributed by atoms with Crippen LogP contribution in [0.15, 0.2) is 127 Å². The molecule has 2 aliphatic carbocycles. The summed E-state index contributed by atoms with van der Waals surface area (Å²) in [6, 6.07) is 37.8. The molecule has 0 aliphatic heterocycles. The largest absolute Gasteiger partial charge is 0.356 e. The Morgan fingerprint density at radius 3 is 1.85 bits per heavy atom. The molecule has 0 amide bonds. The molecule has 1 atom stereocenters. The highest BCUT2D eigenvalue weighted by molar-refractivity contribution is 5.86. The van der Waals surface area contributed by atoms with Gasteiger partial charge in [-0.2, -0.15) is 0 Å². The van der Waals surface area contributed by atoms with E-state index in [-0.39, 0.29) is 5.41 Å². The highest BCUT2D eigenvalue weighted by atomic mass is 14.9. The molecule has 1 unspecified atom stereocenters. The Labute approximate surface area is 202 Å². The standard InChI is InChI=1S/C33H29N/c1-23-20-24(2)22-28(21-23)34-27-18-16-26(17-19-27)33(25-10-4-3-5-11-25)31-14-8-6-12-29(31)30-13-7-9-15-32(30)33/h3-19,21-23,34H,20H2,1-2H3. The Morgan fingerprint density at radius 1 is 0.676 bits per heavy atom. The van der Waals surface area contributed by atoms with Gasteiger partial charge in [0.2, 0.25) is 0 Å². The van der Waals surface area contributed by atoms with Crippen LogP contribution in [0, 0.1) is 5.92 Å². The molecule has 6 rings (SSSR count). The van der Waals surface area contributed by atoms with Crippen LogP contribution in [0.5, 0.6) is 0 Å². The molecule has 1 nitrogen and oxygen atoms in total. The van der Waals surface area contributed by atoms with Crippen LogP contribution in [0.4, 0.5) is 5.69 Å². The lowest BCUT2D eigenvalue weighted by Gasteiger charge is -2.34. The van der Waals surface area contributed by atoms with Gasteiger partial charge in [0.25, 0.3) is 0 Å². The van der Waals surface area contributed by atoms with Crippen molar-refractivity contribution in [2.24, 2.45) is 5.92 Å². The zero-order chi connectivity index (χ0) is 23.1. The van der Waals surface area contributed by atoms with Crippen molar-refractivity contribution in [2.45, 2.75) is 25.7 Å². The molecule has 0 spiro atoms. The summed E-state index contributed by atoms with van der Waals surface area (Å²) in [5, 5.41) is 3.63. The lowest BCUT2D eigenvalue weighted by molar-refractivity contribution is 0.700. The number of nitrogens with one attached hydrogen (secondary N) is 1. The highest BCUT2D eigenvalue weighted by Crippen LogP contribution is 2.55. The first-order valence-corrected chi connectivity index (χ1v) is 12.2. The molecule has 1 N–H and O–H groups in total. The summed E-state index contributed by atoms with van der Waals surface area (Å²) in [7, 11) is 0. The van der Waals surface area contributed by atoms with E-state index in [0.717, 1.165) is 12.1 Å². The number of hydrogen-bond donors (Lipinski definition) is 1. The molecule has 0 saturated carbocycles. The molecule has 0 fully saturated rings. The van der Waals surface area contributed by atoms with E-state index < -0.39 is 0 Å². The van der Waals surface area contributed by atoms with Gasteiger partial charge in [-0.25, -0.2) is 0 Å². The van der Waals surface area contributed by atoms with Crippen molar-refractivity contribution in [3.8, 4) is 11.1 Å². The molecule has 166 valence electrons. The summed E-state index contributed by atoms with van der Waals surface area (Å²) in [5.41, 5.74) is 11.4. The maximum Gasteiger partial charge on any atom is 0.0713 e. The minimum atomic E-state index is -0.331. The van der Waals surface area contributed by atoms with Crippen LogP contribution in [0.25, 0.3) is 11.1 Å². The van der Waals surface area contributed by atoms with Gasteiger partial charge in [0.05, 0.1) is 5.41 Å². The van der Waals surface area contributed by atoms with Crippen LogP contribution in [0.2, 0.25) is 0 Å². The Hall–Kier alpha value is -3.84. The predicted molar refractivity (Wildman–Crippen MR) is 143 cm³/mol. The monoisotopic (exact) mass is 439 g/mol. The summed E-state index contributed by atoms with van der Waals surface area (Å²) < 4.78 is 0. The van der Waals surface area contributed by atoms with E-state index in [1.807, 2.05) is 0 Å². The van der Waals surface area contributed by atoms with E-state index in [9.17, 15) is 0 Å². The van der Waals surface area contributed by atoms with E-state index in [1.165, 1.54) is 44.7 Å². The van der Waals surface area contributed by atoms with E-state index in [1.54, 1.807) is 0 Å². The number of allylic oxidation sites excluding steroid dienone is 3. The fourth-order valence-electron chi connectivity index (χ4n) is 6.01. The van der Waals surface area contributed by atoms with Crippen molar-refractivity contribution in [1.29, 1.82) is 0 Å². The molecule has 0 heterocycles. The smallest absolute Gasteiger partial charge is 0.0713 e. The molecule has 4 aromatic rings. The van der Waals surface area contributed by atoms with Crippen LogP contribution in [-0.4, -0.2) is 0 Å². The predicted octanol–water partition coefficient (Wildman–Crippen LogP) is 8.33. The summed E-state index contributed by atoms with van der Waals surface area (Å²) in [6.07, 6.45) is 5.74. The van der Waals surface area contributed by atoms with Crippen LogP contribution in [0.3, 0.4) is 0 Å². The van der Waals surface area contributed by atoms with E-state index in [0.29, 0.717) is 5.92 Å². The fourth-order valence-corrected chi connectivity index (χ4v) is 6.01. The maximum atomic E-state index is 3.63. The number of rotatable bonds is 4. The average molecular weight is 440 g/mol. The molecule has 1 heteroatoms. The third-order valence-corrected chi connectivity index (χ3v) is 7.28. The molecule has 0 radical (unpaired) electrons. The minimum Gasteiger partial charge on any atom is -0.356 e. The molecular formula is C33H29N. The second kappa shape index (κ2) is 8.18. The first kappa shape index (κ1) is 20.7. The number of anilines is 1. The van der Waals surface area contributed by atoms with Crippen LogP contribution in [0.1, 0.15) is 42.5 Å². The second-order valence-electron chi connectivity index (χ2n) is 9.70. The summed E-state index contributed by atoms with van der Waals surface area (Å²) in [5.74, 6) is 0.569. The Bertz CT molecular complexity index is 1360. The van der Waals surface area contributed by atoms with Gasteiger partial charge in [-0.05, 0) is 70.9 Å². The van der Waals surface area contributed by atoms with Crippen molar-refractivity contribution >= 4 is 5.69 Å². The third-order valence-electron chi connectivity index (χ3n) is 7.28. The quantitative estimate of drug-likeness (QED) is 0.297. The highest BCUT2D eigenvalue weighted by Gasteiger charge is 2.45. The first-order valence-electron chi connectivity index (χ1n) is 12.2. The normalized spacial score (nSPS) is 17.9. The topological polar surface area (TPSA) is 12.0 Å². The van der Waals surface area contributed by atoms with Gasteiger partial charge >= 0.3 is 0 Å². The number of benzene rings is 4. The molecule has 0 bridgehead atoms. The van der Waals surface area contributed by atoms with Crippen molar-refractivity contribution in [2.75, 3.05) is 5.32 Å². The lowest BCUT2D eigenvalue weighted by atomic mass is 9.68. The van der Waals surface area contributed by atoms with Gasteiger partial charge in [0.15, 0.2) is 0 Å². The van der Waals surface area contributed by atoms with Gasteiger partial charge in [-0.1, -0.05) is 110 Å². The summed E-state index contributed by atoms with van der Waals surface area (Å²) in [4.78, 5) is 0. The van der Waals surface area contributed by atoms with E-state index in [4.69, 9.17) is 0 Å². The van der Waals surface area contributed by atoms with Crippen molar-refractivity contribution in [1.82, 2.24) is 0 Å². The van der Waals surface area contributed by atoms with Crippen molar-refractivity contribution < 1.29 is 0 Å². The van der Waals surface area contributed by atoms with E-state index >= 15 is 0 Å². The summed E-state index contributed by atoms with van der Waals surface area (Å²) in [6.45, 7) is 4.49. The average Bonchev–Trinajstić information content (AvgIpc) is 3.16. The zero-order valence-electron chi connectivity index (χ0n) is 19.8. The van der Waals surface area contributed by atoms with Crippen molar-refractivity contribution in [3.05, 3.63) is 149 Å². The molecule has 0 aromatic heterocycles. The second-order valence-corrected chi connectivity index (χ2v) is 9.70. The van der Waals surface area contributed by atoms with Crippen molar-refractivity contribution in [3.63, 3.8) is 0 Å². The minimum absolute atomic E-state index is 0.331. The van der Waals surface area contributed by atoms with Crippen LogP contribution >= 0.6 is 0 Å². The van der Waals surface area contributed by atoms with Gasteiger partial charge in [-0.3, -0.25) is 0 Å². The van der Waals surface area contributed by atoms with Crippen LogP contribution < -0.4 is 5.32 Å². The Balaban J connectivity index is 1.51. The zero-order valence-corrected chi connectivity index (χ0v) is 19.8. The molecule has 34 heavy (non-hydrogen) atoms. The van der Waals surface area contributed by atoms with Crippen LogP contribution in [-0.2, 0) is 5.41 Å². The van der Waals surface area contributed by atoms with Gasteiger partial charge in [0.1, 0.15) is 0 Å². The summed E-state index contributed by atoms with van der Waals surface area (Å²) >= 11 is 0. The molecule has 2 aliphatic rings. The maximum absolute atomic E-state index is 3.63.